The molecule has 2 N–H and O–H groups in total. The van der Waals surface area contributed by atoms with Crippen LogP contribution in [0.4, 0.5) is 0 Å². The van der Waals surface area contributed by atoms with Gasteiger partial charge in [-0.05, 0) is 60.4 Å². The molecule has 0 aromatic heterocycles. The van der Waals surface area contributed by atoms with Crippen LogP contribution in [0.3, 0.4) is 0 Å². The Hall–Kier alpha value is -3.38. The van der Waals surface area contributed by atoms with Crippen molar-refractivity contribution in [1.29, 1.82) is 0 Å². The minimum absolute atomic E-state index is 0.131. The Labute approximate surface area is 169 Å². The molecule has 29 heavy (non-hydrogen) atoms. The van der Waals surface area contributed by atoms with Gasteiger partial charge in [0.2, 0.25) is 0 Å². The Morgan fingerprint density at radius 3 is 1.93 bits per heavy atom. The summed E-state index contributed by atoms with van der Waals surface area (Å²) in [5, 5.41) is 19.0. The van der Waals surface area contributed by atoms with Gasteiger partial charge in [-0.1, -0.05) is 30.3 Å². The highest BCUT2D eigenvalue weighted by Gasteiger charge is 2.09. The number of aliphatic hydroxyl groups is 1. The van der Waals surface area contributed by atoms with Crippen LogP contribution in [-0.4, -0.2) is 41.5 Å². The van der Waals surface area contributed by atoms with Crippen LogP contribution in [0.15, 0.2) is 54.6 Å². The van der Waals surface area contributed by atoms with Gasteiger partial charge in [0.15, 0.2) is 0 Å². The molecule has 0 bridgehead atoms. The van der Waals surface area contributed by atoms with E-state index in [-0.39, 0.29) is 19.0 Å². The molecule has 0 saturated carbocycles. The quantitative estimate of drug-likeness (QED) is 0.526. The summed E-state index contributed by atoms with van der Waals surface area (Å²) in [4.78, 5) is 23.4. The van der Waals surface area contributed by atoms with E-state index in [9.17, 15) is 19.8 Å². The number of aryl methyl sites for hydroxylation is 2. The van der Waals surface area contributed by atoms with Crippen LogP contribution >= 0.6 is 0 Å². The molecule has 6 nitrogen and oxygen atoms in total. The molecule has 2 rings (SSSR count). The van der Waals surface area contributed by atoms with E-state index >= 15 is 0 Å². The first-order valence-corrected chi connectivity index (χ1v) is 9.07. The van der Waals surface area contributed by atoms with Gasteiger partial charge < -0.3 is 19.7 Å². The van der Waals surface area contributed by atoms with Gasteiger partial charge in [-0.3, -0.25) is 0 Å². The second-order valence-electron chi connectivity index (χ2n) is 6.52. The number of hydrogen-bond acceptors (Lipinski definition) is 6. The lowest BCUT2D eigenvalue weighted by Crippen LogP contribution is -2.24. The smallest absolute Gasteiger partial charge is 0.330 e. The Bertz CT molecular complexity index is 896. The summed E-state index contributed by atoms with van der Waals surface area (Å²) in [5.74, 6) is -1.11. The highest BCUT2D eigenvalue weighted by Crippen LogP contribution is 2.12. The van der Waals surface area contributed by atoms with Gasteiger partial charge in [0.1, 0.15) is 25.1 Å². The third kappa shape index (κ3) is 8.02. The average Bonchev–Trinajstić information content (AvgIpc) is 2.71. The van der Waals surface area contributed by atoms with Crippen molar-refractivity contribution >= 4 is 24.1 Å². The second kappa shape index (κ2) is 10.8. The third-order valence-corrected chi connectivity index (χ3v) is 4.08. The minimum Gasteiger partial charge on any atom is -0.508 e. The molecule has 0 aliphatic rings. The number of aromatic hydroxyl groups is 1. The molecule has 0 heterocycles. The molecule has 2 aromatic rings. The second-order valence-corrected chi connectivity index (χ2v) is 6.52. The highest BCUT2D eigenvalue weighted by molar-refractivity contribution is 5.87. The highest BCUT2D eigenvalue weighted by atomic mass is 16.6. The van der Waals surface area contributed by atoms with E-state index < -0.39 is 18.0 Å². The van der Waals surface area contributed by atoms with E-state index in [4.69, 9.17) is 9.47 Å². The van der Waals surface area contributed by atoms with Crippen LogP contribution in [0.1, 0.15) is 22.3 Å². The molecule has 1 atom stereocenters. The minimum atomic E-state index is -1.13. The van der Waals surface area contributed by atoms with Gasteiger partial charge >= 0.3 is 11.9 Å². The molecule has 6 heteroatoms. The predicted molar refractivity (Wildman–Crippen MR) is 110 cm³/mol. The van der Waals surface area contributed by atoms with Crippen LogP contribution in [0, 0.1) is 13.8 Å². The van der Waals surface area contributed by atoms with E-state index in [1.807, 2.05) is 32.0 Å². The molecule has 1 unspecified atom stereocenters. The first-order chi connectivity index (χ1) is 13.8. The van der Waals surface area contributed by atoms with E-state index in [2.05, 4.69) is 0 Å². The van der Waals surface area contributed by atoms with Gasteiger partial charge in [-0.2, -0.15) is 0 Å². The van der Waals surface area contributed by atoms with E-state index in [1.54, 1.807) is 18.2 Å². The van der Waals surface area contributed by atoms with E-state index in [0.717, 1.165) is 11.1 Å². The van der Waals surface area contributed by atoms with Crippen molar-refractivity contribution in [3.63, 3.8) is 0 Å². The van der Waals surface area contributed by atoms with Crippen molar-refractivity contribution < 1.29 is 29.3 Å². The number of phenolic OH excluding ortho intramolecular Hbond substituents is 1. The zero-order chi connectivity index (χ0) is 21.2. The third-order valence-electron chi connectivity index (χ3n) is 4.08. The standard InChI is InChI=1S/C23H24O6/c1-16-3-4-19(13-17(16)2)8-12-23(27)29-15-21(25)14-28-22(26)11-7-18-5-9-20(24)10-6-18/h3-13,21,24-25H,14-15H2,1-2H3/b11-7+,12-8+. The maximum absolute atomic E-state index is 11.7. The zero-order valence-electron chi connectivity index (χ0n) is 16.4. The van der Waals surface area contributed by atoms with Gasteiger partial charge in [0, 0.05) is 12.2 Å². The average molecular weight is 396 g/mol. The van der Waals surface area contributed by atoms with E-state index in [1.165, 1.54) is 35.9 Å². The molecule has 0 spiro atoms. The Morgan fingerprint density at radius 2 is 1.38 bits per heavy atom. The molecule has 0 fully saturated rings. The molecule has 0 amide bonds. The summed E-state index contributed by atoms with van der Waals surface area (Å²) in [6, 6.07) is 12.1. The largest absolute Gasteiger partial charge is 0.508 e. The first kappa shape index (κ1) is 21.9. The first-order valence-electron chi connectivity index (χ1n) is 9.07. The van der Waals surface area contributed by atoms with Crippen molar-refractivity contribution in [1.82, 2.24) is 0 Å². The van der Waals surface area contributed by atoms with Crippen LogP contribution in [0.25, 0.3) is 12.2 Å². The van der Waals surface area contributed by atoms with Crippen LogP contribution in [-0.2, 0) is 19.1 Å². The fourth-order valence-corrected chi connectivity index (χ4v) is 2.28. The summed E-state index contributed by atoms with van der Waals surface area (Å²) in [7, 11) is 0. The number of hydrogen-bond donors (Lipinski definition) is 2. The zero-order valence-corrected chi connectivity index (χ0v) is 16.4. The van der Waals surface area contributed by atoms with Crippen molar-refractivity contribution in [2.45, 2.75) is 20.0 Å². The topological polar surface area (TPSA) is 93.1 Å². The number of rotatable bonds is 8. The number of carbonyl (C=O) groups is 2. The number of carbonyl (C=O) groups excluding carboxylic acids is 2. The molecular weight excluding hydrogens is 372 g/mol. The number of benzene rings is 2. The molecule has 0 aliphatic carbocycles. The monoisotopic (exact) mass is 396 g/mol. The summed E-state index contributed by atoms with van der Waals surface area (Å²) in [6.07, 6.45) is 4.52. The number of ether oxygens (including phenoxy) is 2. The fraction of sp³-hybridized carbons (Fsp3) is 0.217. The molecule has 0 saturated heterocycles. The SMILES string of the molecule is Cc1ccc(/C=C/C(=O)OCC(O)COC(=O)/C=C/c2ccc(O)cc2)cc1C. The Balaban J connectivity index is 1.70. The summed E-state index contributed by atoms with van der Waals surface area (Å²) in [5.41, 5.74) is 3.88. The Morgan fingerprint density at radius 1 is 0.862 bits per heavy atom. The van der Waals surface area contributed by atoms with Crippen molar-refractivity contribution in [2.24, 2.45) is 0 Å². The molecular formula is C23H24O6. The number of esters is 2. The van der Waals surface area contributed by atoms with Gasteiger partial charge in [-0.25, -0.2) is 9.59 Å². The van der Waals surface area contributed by atoms with Crippen LogP contribution < -0.4 is 0 Å². The van der Waals surface area contributed by atoms with Crippen LogP contribution in [0.2, 0.25) is 0 Å². The van der Waals surface area contributed by atoms with Gasteiger partial charge in [-0.15, -0.1) is 0 Å². The normalized spacial score (nSPS) is 12.2. The molecule has 0 aliphatic heterocycles. The number of phenols is 1. The molecule has 152 valence electrons. The van der Waals surface area contributed by atoms with Crippen molar-refractivity contribution in [3.05, 3.63) is 76.9 Å². The Kier molecular flexibility index (Phi) is 8.18. The van der Waals surface area contributed by atoms with Gasteiger partial charge in [0.25, 0.3) is 0 Å². The van der Waals surface area contributed by atoms with E-state index in [0.29, 0.717) is 5.56 Å². The molecule has 0 radical (unpaired) electrons. The molecule has 2 aromatic carbocycles. The summed E-state index contributed by atoms with van der Waals surface area (Å²) in [6.45, 7) is 3.41. The maximum atomic E-state index is 11.7. The van der Waals surface area contributed by atoms with Gasteiger partial charge in [0.05, 0.1) is 0 Å². The maximum Gasteiger partial charge on any atom is 0.330 e. The summed E-state index contributed by atoms with van der Waals surface area (Å²) < 4.78 is 9.84. The lowest BCUT2D eigenvalue weighted by Gasteiger charge is -2.10. The summed E-state index contributed by atoms with van der Waals surface area (Å²) >= 11 is 0. The van der Waals surface area contributed by atoms with Crippen LogP contribution in [0.5, 0.6) is 5.75 Å². The van der Waals surface area contributed by atoms with Crippen molar-refractivity contribution in [3.8, 4) is 5.75 Å². The lowest BCUT2D eigenvalue weighted by molar-refractivity contribution is -0.146. The van der Waals surface area contributed by atoms with Crippen molar-refractivity contribution in [2.75, 3.05) is 13.2 Å². The lowest BCUT2D eigenvalue weighted by atomic mass is 10.1. The fourth-order valence-electron chi connectivity index (χ4n) is 2.28. The number of aliphatic hydroxyl groups excluding tert-OH is 1. The predicted octanol–water partition coefficient (Wildman–Crippen LogP) is 3.18.